The number of hydrogen-bond donors (Lipinski definition) is 1. The third kappa shape index (κ3) is 3.55. The van der Waals surface area contributed by atoms with Crippen LogP contribution < -0.4 is 5.73 Å². The highest BCUT2D eigenvalue weighted by molar-refractivity contribution is 5.85. The Morgan fingerprint density at radius 2 is 1.70 bits per heavy atom. The number of aryl methyl sites for hydroxylation is 1. The molecule has 2 N–H and O–H groups in total. The molecule has 2 aromatic carbocycles. The van der Waals surface area contributed by atoms with Gasteiger partial charge in [-0.15, -0.1) is 0 Å². The van der Waals surface area contributed by atoms with Crippen LogP contribution in [-0.4, -0.2) is 5.78 Å². The van der Waals surface area contributed by atoms with Gasteiger partial charge in [0.25, 0.3) is 0 Å². The van der Waals surface area contributed by atoms with Gasteiger partial charge in [0.15, 0.2) is 5.78 Å². The molecule has 0 radical (unpaired) electrons. The third-order valence-electron chi connectivity index (χ3n) is 3.62. The fraction of sp³-hybridized carbons (Fsp3) is 0.278. The van der Waals surface area contributed by atoms with Gasteiger partial charge in [-0.25, -0.2) is 0 Å². The molecule has 0 amide bonds. The van der Waals surface area contributed by atoms with Gasteiger partial charge in [0.05, 0.1) is 6.04 Å². The fourth-order valence-electron chi connectivity index (χ4n) is 2.37. The first kappa shape index (κ1) is 14.5. The van der Waals surface area contributed by atoms with Crippen LogP contribution in [0.5, 0.6) is 0 Å². The quantitative estimate of drug-likeness (QED) is 0.896. The summed E-state index contributed by atoms with van der Waals surface area (Å²) in [4.78, 5) is 12.3. The van der Waals surface area contributed by atoms with Crippen LogP contribution in [0.4, 0.5) is 0 Å². The second-order valence-electron chi connectivity index (χ2n) is 5.37. The van der Waals surface area contributed by atoms with Crippen LogP contribution in [0.15, 0.2) is 54.6 Å². The van der Waals surface area contributed by atoms with E-state index in [0.29, 0.717) is 6.42 Å². The number of benzene rings is 2. The number of hydrogen-bond acceptors (Lipinski definition) is 2. The molecule has 2 heteroatoms. The number of carbonyl (C=O) groups excluding carboxylic acids is 1. The Kier molecular flexibility index (Phi) is 4.70. The molecule has 0 bridgehead atoms. The molecule has 0 heterocycles. The van der Waals surface area contributed by atoms with Crippen molar-refractivity contribution in [2.75, 3.05) is 0 Å². The van der Waals surface area contributed by atoms with Crippen molar-refractivity contribution in [2.45, 2.75) is 32.2 Å². The minimum absolute atomic E-state index is 0.0882. The molecule has 2 aromatic rings. The molecule has 0 saturated carbocycles. The number of carbonyl (C=O) groups is 1. The van der Waals surface area contributed by atoms with Crippen LogP contribution in [0.25, 0.3) is 0 Å². The molecule has 0 aromatic heterocycles. The Balaban J connectivity index is 2.04. The van der Waals surface area contributed by atoms with Crippen molar-refractivity contribution in [2.24, 2.45) is 5.73 Å². The summed E-state index contributed by atoms with van der Waals surface area (Å²) in [6.45, 7) is 4.14. The van der Waals surface area contributed by atoms with Crippen LogP contribution >= 0.6 is 0 Å². The van der Waals surface area contributed by atoms with E-state index in [0.717, 1.165) is 5.56 Å². The first-order chi connectivity index (χ1) is 9.58. The normalized spacial score (nSPS) is 13.8. The number of Topliss-reactive ketones (excluding diaryl/α,β-unsaturated/α-hetero) is 1. The second kappa shape index (κ2) is 6.49. The summed E-state index contributed by atoms with van der Waals surface area (Å²) in [5.74, 6) is 0.280. The Morgan fingerprint density at radius 3 is 2.35 bits per heavy atom. The zero-order valence-corrected chi connectivity index (χ0v) is 12.0. The molecule has 2 nitrogen and oxygen atoms in total. The van der Waals surface area contributed by atoms with Crippen LogP contribution in [0, 0.1) is 6.92 Å². The zero-order valence-electron chi connectivity index (χ0n) is 12.0. The summed E-state index contributed by atoms with van der Waals surface area (Å²) in [6.07, 6.45) is 0.472. The fourth-order valence-corrected chi connectivity index (χ4v) is 2.37. The van der Waals surface area contributed by atoms with Crippen molar-refractivity contribution in [3.8, 4) is 0 Å². The first-order valence-corrected chi connectivity index (χ1v) is 6.97. The standard InChI is InChI=1S/C18H21NO/c1-13-7-6-10-16(11-13)14(2)12-17(20)18(19)15-8-4-3-5-9-15/h3-11,14,18H,12,19H2,1-2H3/t14-,18?/m1/s1. The molecule has 20 heavy (non-hydrogen) atoms. The van der Waals surface area contributed by atoms with E-state index in [4.69, 9.17) is 5.73 Å². The highest BCUT2D eigenvalue weighted by Gasteiger charge is 2.19. The third-order valence-corrected chi connectivity index (χ3v) is 3.62. The van der Waals surface area contributed by atoms with Gasteiger partial charge in [0, 0.05) is 6.42 Å². The highest BCUT2D eigenvalue weighted by Crippen LogP contribution is 2.23. The molecule has 2 rings (SSSR count). The van der Waals surface area contributed by atoms with Gasteiger partial charge in [-0.2, -0.15) is 0 Å². The monoisotopic (exact) mass is 267 g/mol. The lowest BCUT2D eigenvalue weighted by Gasteiger charge is -2.16. The van der Waals surface area contributed by atoms with Crippen LogP contribution in [-0.2, 0) is 4.79 Å². The molecule has 0 aliphatic rings. The Morgan fingerprint density at radius 1 is 1.05 bits per heavy atom. The van der Waals surface area contributed by atoms with Crippen molar-refractivity contribution < 1.29 is 4.79 Å². The average molecular weight is 267 g/mol. The largest absolute Gasteiger partial charge is 0.318 e. The highest BCUT2D eigenvalue weighted by atomic mass is 16.1. The average Bonchev–Trinajstić information content (AvgIpc) is 2.47. The maximum Gasteiger partial charge on any atom is 0.154 e. The van der Waals surface area contributed by atoms with Crippen molar-refractivity contribution in [3.63, 3.8) is 0 Å². The number of ketones is 1. The lowest BCUT2D eigenvalue weighted by atomic mass is 9.91. The van der Waals surface area contributed by atoms with Crippen molar-refractivity contribution >= 4 is 5.78 Å². The lowest BCUT2D eigenvalue weighted by molar-refractivity contribution is -0.120. The summed E-state index contributed by atoms with van der Waals surface area (Å²) in [5.41, 5.74) is 9.34. The van der Waals surface area contributed by atoms with Gasteiger partial charge in [0.2, 0.25) is 0 Å². The molecule has 104 valence electrons. The van der Waals surface area contributed by atoms with Crippen molar-refractivity contribution in [3.05, 3.63) is 71.3 Å². The Labute approximate surface area is 120 Å². The predicted octanol–water partition coefficient (Wildman–Crippen LogP) is 3.76. The molecule has 1 unspecified atom stereocenters. The van der Waals surface area contributed by atoms with Crippen LogP contribution in [0.3, 0.4) is 0 Å². The van der Waals surface area contributed by atoms with Gasteiger partial charge in [-0.05, 0) is 24.0 Å². The molecule has 2 atom stereocenters. The van der Waals surface area contributed by atoms with E-state index in [-0.39, 0.29) is 11.7 Å². The van der Waals surface area contributed by atoms with E-state index in [9.17, 15) is 4.79 Å². The minimum atomic E-state index is -0.525. The summed E-state index contributed by atoms with van der Waals surface area (Å²) in [7, 11) is 0. The second-order valence-corrected chi connectivity index (χ2v) is 5.37. The molecule has 0 aliphatic heterocycles. The lowest BCUT2D eigenvalue weighted by Crippen LogP contribution is -2.22. The summed E-state index contributed by atoms with van der Waals surface area (Å²) >= 11 is 0. The van der Waals surface area contributed by atoms with E-state index in [2.05, 4.69) is 32.0 Å². The first-order valence-electron chi connectivity index (χ1n) is 6.97. The smallest absolute Gasteiger partial charge is 0.154 e. The van der Waals surface area contributed by atoms with E-state index in [1.54, 1.807) is 0 Å². The van der Waals surface area contributed by atoms with E-state index in [1.165, 1.54) is 11.1 Å². The van der Waals surface area contributed by atoms with Gasteiger partial charge in [-0.3, -0.25) is 4.79 Å². The van der Waals surface area contributed by atoms with Gasteiger partial charge >= 0.3 is 0 Å². The summed E-state index contributed by atoms with van der Waals surface area (Å²) in [6, 6.07) is 17.3. The molecule has 0 saturated heterocycles. The zero-order chi connectivity index (χ0) is 14.5. The molecule has 0 spiro atoms. The van der Waals surface area contributed by atoms with E-state index >= 15 is 0 Å². The van der Waals surface area contributed by atoms with Crippen LogP contribution in [0.1, 0.15) is 42.0 Å². The SMILES string of the molecule is Cc1cccc([C@H](C)CC(=O)C(N)c2ccccc2)c1. The summed E-state index contributed by atoms with van der Waals surface area (Å²) < 4.78 is 0. The van der Waals surface area contributed by atoms with Gasteiger partial charge < -0.3 is 5.73 Å². The van der Waals surface area contributed by atoms with Crippen LogP contribution in [0.2, 0.25) is 0 Å². The van der Waals surface area contributed by atoms with E-state index < -0.39 is 6.04 Å². The number of nitrogens with two attached hydrogens (primary N) is 1. The molecular weight excluding hydrogens is 246 g/mol. The topological polar surface area (TPSA) is 43.1 Å². The maximum atomic E-state index is 12.3. The Bertz CT molecular complexity index is 577. The maximum absolute atomic E-state index is 12.3. The number of rotatable bonds is 5. The molecular formula is C18H21NO. The summed E-state index contributed by atoms with van der Waals surface area (Å²) in [5, 5.41) is 0. The molecule has 0 aliphatic carbocycles. The van der Waals surface area contributed by atoms with Crippen molar-refractivity contribution in [1.82, 2.24) is 0 Å². The van der Waals surface area contributed by atoms with E-state index in [1.807, 2.05) is 36.4 Å². The Hall–Kier alpha value is -1.93. The molecule has 0 fully saturated rings. The predicted molar refractivity (Wildman–Crippen MR) is 82.6 cm³/mol. The van der Waals surface area contributed by atoms with Gasteiger partial charge in [-0.1, -0.05) is 67.1 Å². The van der Waals surface area contributed by atoms with Crippen molar-refractivity contribution in [1.29, 1.82) is 0 Å². The minimum Gasteiger partial charge on any atom is -0.318 e. The van der Waals surface area contributed by atoms with Gasteiger partial charge in [0.1, 0.15) is 0 Å².